The van der Waals surface area contributed by atoms with Crippen LogP contribution in [0.5, 0.6) is 5.75 Å². The molecule has 1 fully saturated rings. The molecule has 0 radical (unpaired) electrons. The summed E-state index contributed by atoms with van der Waals surface area (Å²) in [6, 6.07) is 12.2. The predicted molar refractivity (Wildman–Crippen MR) is 98.2 cm³/mol. The van der Waals surface area contributed by atoms with Gasteiger partial charge in [0.25, 0.3) is 0 Å². The third-order valence-electron chi connectivity index (χ3n) is 5.31. The number of aromatic nitrogens is 2. The third-order valence-corrected chi connectivity index (χ3v) is 6.16. The predicted octanol–water partition coefficient (Wildman–Crippen LogP) is 2.97. The molecule has 3 aromatic rings. The highest BCUT2D eigenvalue weighted by molar-refractivity contribution is 14.1. The number of ether oxygens (including phenoxy) is 1. The lowest BCUT2D eigenvalue weighted by molar-refractivity contribution is -0.421. The first-order valence-corrected chi connectivity index (χ1v) is 8.90. The van der Waals surface area contributed by atoms with E-state index in [1.807, 2.05) is 18.2 Å². The van der Waals surface area contributed by atoms with Gasteiger partial charge in [-0.3, -0.25) is 4.79 Å². The lowest BCUT2D eigenvalue weighted by atomic mass is 9.91. The average molecular weight is 432 g/mol. The van der Waals surface area contributed by atoms with Crippen LogP contribution < -0.4 is 15.2 Å². The molecule has 2 heterocycles. The number of fused-ring (bicyclic) bond motifs is 3. The number of rotatable bonds is 2. The molecule has 1 aromatic heterocycles. The van der Waals surface area contributed by atoms with Crippen LogP contribution in [0, 0.1) is 3.70 Å². The zero-order valence-corrected chi connectivity index (χ0v) is 15.1. The molecule has 2 atom stereocenters. The van der Waals surface area contributed by atoms with E-state index in [1.165, 1.54) is 10.9 Å². The number of hydrogen-bond acceptors (Lipinski definition) is 2. The van der Waals surface area contributed by atoms with Crippen molar-refractivity contribution in [2.75, 3.05) is 12.4 Å². The van der Waals surface area contributed by atoms with Crippen LogP contribution in [-0.4, -0.2) is 18.1 Å². The van der Waals surface area contributed by atoms with Crippen molar-refractivity contribution in [3.8, 4) is 5.75 Å². The summed E-state index contributed by atoms with van der Waals surface area (Å²) >= 11 is 2.28. The van der Waals surface area contributed by atoms with E-state index < -0.39 is 5.41 Å². The Hall–Kier alpha value is -2.09. The molecule has 6 heteroatoms. The van der Waals surface area contributed by atoms with E-state index in [4.69, 9.17) is 4.74 Å². The van der Waals surface area contributed by atoms with Crippen LogP contribution in [0.25, 0.3) is 10.9 Å². The SMILES string of the molecule is COc1ccc2c(c1)[C@]1(C[C@H]1c1ccc3c(I)[nH][nH+]c3c1)C(=O)N2. The molecule has 1 aliphatic carbocycles. The quantitative estimate of drug-likeness (QED) is 0.612. The average Bonchev–Trinajstić information content (AvgIpc) is 3.17. The maximum absolute atomic E-state index is 12.7. The van der Waals surface area contributed by atoms with Crippen molar-refractivity contribution in [3.05, 3.63) is 51.2 Å². The van der Waals surface area contributed by atoms with Crippen molar-refractivity contribution in [1.82, 2.24) is 5.10 Å². The molecule has 5 rings (SSSR count). The van der Waals surface area contributed by atoms with Gasteiger partial charge >= 0.3 is 0 Å². The number of carbonyl (C=O) groups excluding carboxylic acids is 1. The minimum atomic E-state index is -0.443. The molecular formula is C18H15IN3O2+. The lowest BCUT2D eigenvalue weighted by Gasteiger charge is -2.10. The van der Waals surface area contributed by atoms with Gasteiger partial charge in [0, 0.05) is 17.7 Å². The number of H-pyrrole nitrogens is 2. The summed E-state index contributed by atoms with van der Waals surface area (Å²) in [4.78, 5) is 12.7. The van der Waals surface area contributed by atoms with Gasteiger partial charge in [0.05, 0.1) is 17.9 Å². The standard InChI is InChI=1S/C18H14IN3O2/c1-24-10-3-5-14-12(7-10)18(17(23)20-14)8-13(18)9-2-4-11-15(6-9)21-22-16(11)19/h2-7,13H,8H2,1H3,(H,20,23)(H,21,22)/p+1/t13-,18-/m0/s1. The summed E-state index contributed by atoms with van der Waals surface area (Å²) in [6.07, 6.45) is 0.839. The summed E-state index contributed by atoms with van der Waals surface area (Å²) in [5, 5.41) is 10.5. The first kappa shape index (κ1) is 14.3. The van der Waals surface area contributed by atoms with E-state index in [1.54, 1.807) is 7.11 Å². The molecular weight excluding hydrogens is 417 g/mol. The van der Waals surface area contributed by atoms with Gasteiger partial charge in [-0.2, -0.15) is 5.10 Å². The highest BCUT2D eigenvalue weighted by Crippen LogP contribution is 2.65. The fourth-order valence-corrected chi connectivity index (χ4v) is 4.57. The smallest absolute Gasteiger partial charge is 0.237 e. The number of amides is 1. The van der Waals surface area contributed by atoms with Crippen LogP contribution in [-0.2, 0) is 10.2 Å². The van der Waals surface area contributed by atoms with Crippen molar-refractivity contribution in [2.24, 2.45) is 0 Å². The normalized spacial score (nSPS) is 24.2. The molecule has 0 bridgehead atoms. The van der Waals surface area contributed by atoms with Gasteiger partial charge < -0.3 is 10.1 Å². The Kier molecular flexibility index (Phi) is 2.81. The van der Waals surface area contributed by atoms with Crippen LogP contribution in [0.1, 0.15) is 23.5 Å². The summed E-state index contributed by atoms with van der Waals surface area (Å²) in [7, 11) is 1.65. The number of methoxy groups -OCH3 is 1. The summed E-state index contributed by atoms with van der Waals surface area (Å²) in [6.45, 7) is 0. The van der Waals surface area contributed by atoms with Crippen molar-refractivity contribution in [3.63, 3.8) is 0 Å². The lowest BCUT2D eigenvalue weighted by Crippen LogP contribution is -2.21. The van der Waals surface area contributed by atoms with Crippen molar-refractivity contribution >= 4 is 45.1 Å². The van der Waals surface area contributed by atoms with Crippen LogP contribution in [0.4, 0.5) is 5.69 Å². The number of carbonyl (C=O) groups is 1. The number of hydrogen-bond donors (Lipinski definition) is 2. The van der Waals surface area contributed by atoms with Crippen LogP contribution >= 0.6 is 22.6 Å². The van der Waals surface area contributed by atoms with E-state index in [9.17, 15) is 4.79 Å². The first-order chi connectivity index (χ1) is 11.6. The second-order valence-corrected chi connectivity index (χ2v) is 7.54. The molecule has 2 aliphatic rings. The molecule has 3 N–H and O–H groups in total. The molecule has 1 saturated carbocycles. The largest absolute Gasteiger partial charge is 0.497 e. The second-order valence-electron chi connectivity index (χ2n) is 6.46. The van der Waals surface area contributed by atoms with Gasteiger partial charge in [-0.25, -0.2) is 0 Å². The fraction of sp³-hybridized carbons (Fsp3) is 0.222. The van der Waals surface area contributed by atoms with Crippen molar-refractivity contribution < 1.29 is 14.6 Å². The summed E-state index contributed by atoms with van der Waals surface area (Å²) in [5.74, 6) is 1.10. The Labute approximate surface area is 151 Å². The molecule has 1 aliphatic heterocycles. The molecule has 2 aromatic carbocycles. The Bertz CT molecular complexity index is 1010. The van der Waals surface area contributed by atoms with Gasteiger partial charge in [-0.15, -0.1) is 5.10 Å². The topological polar surface area (TPSA) is 68.3 Å². The van der Waals surface area contributed by atoms with E-state index in [2.05, 4.69) is 56.3 Å². The molecule has 5 nitrogen and oxygen atoms in total. The fourth-order valence-electron chi connectivity index (χ4n) is 3.96. The molecule has 120 valence electrons. The zero-order chi connectivity index (χ0) is 16.5. The van der Waals surface area contributed by atoms with Crippen LogP contribution in [0.2, 0.25) is 0 Å². The molecule has 1 amide bonds. The van der Waals surface area contributed by atoms with Gasteiger partial charge in [-0.05, 0) is 64.4 Å². The molecule has 0 saturated heterocycles. The minimum Gasteiger partial charge on any atom is -0.497 e. The molecule has 1 spiro atoms. The Morgan fingerprint density at radius 3 is 3.00 bits per heavy atom. The maximum Gasteiger partial charge on any atom is 0.237 e. The van der Waals surface area contributed by atoms with E-state index in [0.717, 1.165) is 32.6 Å². The van der Waals surface area contributed by atoms with E-state index in [0.29, 0.717) is 0 Å². The second kappa shape index (κ2) is 4.72. The highest BCUT2D eigenvalue weighted by Gasteiger charge is 2.65. The number of aromatic amines is 2. The van der Waals surface area contributed by atoms with E-state index >= 15 is 0 Å². The number of nitrogens with one attached hydrogen (secondary N) is 3. The zero-order valence-electron chi connectivity index (χ0n) is 12.9. The van der Waals surface area contributed by atoms with E-state index in [-0.39, 0.29) is 11.8 Å². The number of anilines is 1. The summed E-state index contributed by atoms with van der Waals surface area (Å²) in [5.41, 5.74) is 3.79. The highest BCUT2D eigenvalue weighted by atomic mass is 127. The van der Waals surface area contributed by atoms with Gasteiger partial charge in [0.15, 0.2) is 0 Å². The maximum atomic E-state index is 12.7. The Morgan fingerprint density at radius 1 is 1.29 bits per heavy atom. The van der Waals surface area contributed by atoms with Crippen molar-refractivity contribution in [1.29, 1.82) is 0 Å². The summed E-state index contributed by atoms with van der Waals surface area (Å²) < 4.78 is 6.44. The minimum absolute atomic E-state index is 0.100. The number of benzene rings is 2. The van der Waals surface area contributed by atoms with Crippen molar-refractivity contribution in [2.45, 2.75) is 17.8 Å². The Morgan fingerprint density at radius 2 is 2.17 bits per heavy atom. The van der Waals surface area contributed by atoms with Gasteiger partial charge in [0.2, 0.25) is 11.4 Å². The van der Waals surface area contributed by atoms with Crippen LogP contribution in [0.3, 0.4) is 0 Å². The monoisotopic (exact) mass is 432 g/mol. The molecule has 24 heavy (non-hydrogen) atoms. The van der Waals surface area contributed by atoms with Gasteiger partial charge in [-0.1, -0.05) is 6.07 Å². The number of halogens is 1. The van der Waals surface area contributed by atoms with Gasteiger partial charge in [0.1, 0.15) is 9.45 Å². The Balaban J connectivity index is 1.60. The third kappa shape index (κ3) is 1.74. The molecule has 0 unspecified atom stereocenters. The van der Waals surface area contributed by atoms with Crippen LogP contribution in [0.15, 0.2) is 36.4 Å². The first-order valence-electron chi connectivity index (χ1n) is 7.82.